The number of carbonyl (C=O) groups is 1. The Morgan fingerprint density at radius 2 is 1.70 bits per heavy atom. The van der Waals surface area contributed by atoms with Crippen molar-refractivity contribution in [2.24, 2.45) is 14.1 Å². The molecular formula is C21H16Cl2N4O6. The van der Waals surface area contributed by atoms with E-state index in [0.29, 0.717) is 16.6 Å². The molecule has 12 heteroatoms. The summed E-state index contributed by atoms with van der Waals surface area (Å²) >= 11 is 12.2. The predicted molar refractivity (Wildman–Crippen MR) is 122 cm³/mol. The van der Waals surface area contributed by atoms with Crippen molar-refractivity contribution in [2.75, 3.05) is 0 Å². The molecule has 0 amide bonds. The van der Waals surface area contributed by atoms with Gasteiger partial charge >= 0.3 is 17.5 Å². The molecule has 0 fully saturated rings. The van der Waals surface area contributed by atoms with Gasteiger partial charge in [0.05, 0.1) is 39.5 Å². The Hall–Kier alpha value is -3.76. The summed E-state index contributed by atoms with van der Waals surface area (Å²) in [5.74, 6) is -0.581. The van der Waals surface area contributed by atoms with E-state index in [2.05, 4.69) is 4.74 Å². The van der Waals surface area contributed by atoms with E-state index < -0.39 is 23.2 Å². The zero-order valence-corrected chi connectivity index (χ0v) is 18.8. The number of fused-ring (bicyclic) bond motifs is 1. The lowest BCUT2D eigenvalue weighted by Crippen LogP contribution is -2.40. The van der Waals surface area contributed by atoms with Crippen LogP contribution in [0.1, 0.15) is 5.56 Å². The Labute approximate surface area is 195 Å². The molecule has 0 radical (unpaired) electrons. The smallest absolute Gasteiger partial charge is 0.449 e. The summed E-state index contributed by atoms with van der Waals surface area (Å²) in [5, 5.41) is 9.44. The number of nitrogens with zero attached hydrogens (tertiary/aromatic N) is 4. The second-order valence-corrected chi connectivity index (χ2v) is 7.98. The van der Waals surface area contributed by atoms with Crippen molar-refractivity contribution in [1.29, 1.82) is 0 Å². The topological polar surface area (TPSA) is 117 Å². The van der Waals surface area contributed by atoms with Crippen molar-refractivity contribution in [3.8, 4) is 11.4 Å². The quantitative estimate of drug-likeness (QED) is 0.439. The highest BCUT2D eigenvalue weighted by molar-refractivity contribution is 6.42. The molecule has 0 atom stereocenters. The normalized spacial score (nSPS) is 11.2. The van der Waals surface area contributed by atoms with Crippen molar-refractivity contribution >= 4 is 40.4 Å². The van der Waals surface area contributed by atoms with Gasteiger partial charge in [0.25, 0.3) is 5.56 Å². The molecule has 33 heavy (non-hydrogen) atoms. The molecule has 0 saturated carbocycles. The number of rotatable bonds is 4. The first-order valence-corrected chi connectivity index (χ1v) is 10.2. The monoisotopic (exact) mass is 490 g/mol. The molecule has 2 aromatic carbocycles. The Kier molecular flexibility index (Phi) is 5.64. The zero-order chi connectivity index (χ0) is 24.0. The van der Waals surface area contributed by atoms with Crippen LogP contribution in [0.2, 0.25) is 10.0 Å². The number of benzene rings is 2. The highest BCUT2D eigenvalue weighted by atomic mass is 35.5. The highest BCUT2D eigenvalue weighted by Crippen LogP contribution is 2.26. The van der Waals surface area contributed by atoms with Crippen LogP contribution >= 0.6 is 23.2 Å². The van der Waals surface area contributed by atoms with Crippen molar-refractivity contribution in [1.82, 2.24) is 18.3 Å². The molecule has 0 saturated heterocycles. The minimum atomic E-state index is -1.72. The van der Waals surface area contributed by atoms with E-state index in [4.69, 9.17) is 28.3 Å². The molecule has 2 heterocycles. The summed E-state index contributed by atoms with van der Waals surface area (Å²) in [4.78, 5) is 49.5. The standard InChI is InChI=1S/C21H16Cl2N4O6/c1-24-14-7-6-12(8-15(14)25(2)19(24)29)26-10-16(33-21(31)32)18(28)27(20(26)30)9-11-4-3-5-13(22)17(11)23/h3-8,10H,9H2,1-2H3,(H,31,32). The van der Waals surface area contributed by atoms with Crippen molar-refractivity contribution in [3.05, 3.63) is 89.5 Å². The van der Waals surface area contributed by atoms with Crippen LogP contribution in [0.5, 0.6) is 5.75 Å². The molecule has 0 aliphatic heterocycles. The van der Waals surface area contributed by atoms with Gasteiger partial charge in [-0.25, -0.2) is 14.4 Å². The number of halogens is 2. The molecule has 10 nitrogen and oxygen atoms in total. The largest absolute Gasteiger partial charge is 0.511 e. The maximum Gasteiger partial charge on any atom is 0.511 e. The third-order valence-electron chi connectivity index (χ3n) is 5.23. The second kappa shape index (κ2) is 8.30. The molecule has 0 bridgehead atoms. The van der Waals surface area contributed by atoms with E-state index in [0.717, 1.165) is 15.3 Å². The molecule has 4 aromatic rings. The lowest BCUT2D eigenvalue weighted by molar-refractivity contribution is 0.143. The maximum absolute atomic E-state index is 13.3. The summed E-state index contributed by atoms with van der Waals surface area (Å²) < 4.78 is 9.34. The highest BCUT2D eigenvalue weighted by Gasteiger charge is 2.19. The van der Waals surface area contributed by atoms with Gasteiger partial charge in [0.2, 0.25) is 5.75 Å². The molecule has 0 spiro atoms. The van der Waals surface area contributed by atoms with E-state index in [1.54, 1.807) is 50.5 Å². The average molecular weight is 491 g/mol. The van der Waals surface area contributed by atoms with Crippen LogP contribution in [-0.4, -0.2) is 29.5 Å². The first-order valence-electron chi connectivity index (χ1n) is 9.46. The third-order valence-corrected chi connectivity index (χ3v) is 6.09. The van der Waals surface area contributed by atoms with Gasteiger partial charge in [0, 0.05) is 14.1 Å². The second-order valence-electron chi connectivity index (χ2n) is 7.19. The van der Waals surface area contributed by atoms with Crippen LogP contribution in [0, 0.1) is 0 Å². The summed E-state index contributed by atoms with van der Waals surface area (Å²) in [6.07, 6.45) is -0.720. The fourth-order valence-electron chi connectivity index (χ4n) is 3.55. The van der Waals surface area contributed by atoms with Crippen LogP contribution in [-0.2, 0) is 20.6 Å². The fraction of sp³-hybridized carbons (Fsp3) is 0.143. The van der Waals surface area contributed by atoms with Gasteiger partial charge in [0.15, 0.2) is 0 Å². The lowest BCUT2D eigenvalue weighted by atomic mass is 10.2. The average Bonchev–Trinajstić information content (AvgIpc) is 2.99. The summed E-state index contributed by atoms with van der Waals surface area (Å²) in [6.45, 7) is -0.278. The number of aryl methyl sites for hydroxylation is 2. The summed E-state index contributed by atoms with van der Waals surface area (Å²) in [5.41, 5.74) is -0.163. The van der Waals surface area contributed by atoms with Crippen molar-refractivity contribution in [2.45, 2.75) is 6.54 Å². The zero-order valence-electron chi connectivity index (χ0n) is 17.3. The molecule has 0 aliphatic rings. The van der Waals surface area contributed by atoms with Crippen molar-refractivity contribution in [3.63, 3.8) is 0 Å². The minimum absolute atomic E-state index is 0.155. The van der Waals surface area contributed by atoms with Crippen molar-refractivity contribution < 1.29 is 14.6 Å². The SMILES string of the molecule is Cn1c(=O)n(C)c2cc(-n3cc(OC(=O)O)c(=O)n(Cc4cccc(Cl)c4Cl)c3=O)ccc21. The van der Waals surface area contributed by atoms with Crippen LogP contribution in [0.15, 0.2) is 57.0 Å². The van der Waals surface area contributed by atoms with Crippen LogP contribution < -0.4 is 21.7 Å². The van der Waals surface area contributed by atoms with Crippen LogP contribution in [0.25, 0.3) is 16.7 Å². The predicted octanol–water partition coefficient (Wildman–Crippen LogP) is 2.60. The Bertz CT molecular complexity index is 1610. The van der Waals surface area contributed by atoms with Gasteiger partial charge < -0.3 is 9.84 Å². The number of hydrogen-bond acceptors (Lipinski definition) is 5. The maximum atomic E-state index is 13.3. The van der Waals surface area contributed by atoms with Gasteiger partial charge in [-0.2, -0.15) is 0 Å². The molecule has 0 unspecified atom stereocenters. The van der Waals surface area contributed by atoms with Gasteiger partial charge in [-0.1, -0.05) is 35.3 Å². The Balaban J connectivity index is 1.97. The Morgan fingerprint density at radius 3 is 2.39 bits per heavy atom. The van der Waals surface area contributed by atoms with Crippen LogP contribution in [0.3, 0.4) is 0 Å². The third kappa shape index (κ3) is 3.83. The molecule has 4 rings (SSSR count). The fourth-order valence-corrected chi connectivity index (χ4v) is 3.93. The van der Waals surface area contributed by atoms with E-state index >= 15 is 0 Å². The summed E-state index contributed by atoms with van der Waals surface area (Å²) in [7, 11) is 3.20. The van der Waals surface area contributed by atoms with E-state index in [9.17, 15) is 19.2 Å². The van der Waals surface area contributed by atoms with Gasteiger partial charge in [-0.15, -0.1) is 0 Å². The number of hydrogen-bond donors (Lipinski definition) is 1. The van der Waals surface area contributed by atoms with Crippen LogP contribution in [0.4, 0.5) is 4.79 Å². The van der Waals surface area contributed by atoms with E-state index in [1.807, 2.05) is 0 Å². The number of imidazole rings is 1. The number of carboxylic acid groups (broad SMARTS) is 1. The first-order chi connectivity index (χ1) is 15.6. The van der Waals surface area contributed by atoms with Gasteiger partial charge in [-0.05, 0) is 29.8 Å². The van der Waals surface area contributed by atoms with E-state index in [1.165, 1.54) is 9.13 Å². The number of ether oxygens (including phenoxy) is 1. The lowest BCUT2D eigenvalue weighted by Gasteiger charge is -2.14. The van der Waals surface area contributed by atoms with Gasteiger partial charge in [0.1, 0.15) is 0 Å². The first kappa shape index (κ1) is 22.4. The number of aromatic nitrogens is 4. The van der Waals surface area contributed by atoms with Gasteiger partial charge in [-0.3, -0.25) is 23.1 Å². The molecular weight excluding hydrogens is 475 g/mol. The molecule has 0 aliphatic carbocycles. The minimum Gasteiger partial charge on any atom is -0.449 e. The summed E-state index contributed by atoms with van der Waals surface area (Å²) in [6, 6.07) is 9.52. The molecule has 1 N–H and O–H groups in total. The molecule has 170 valence electrons. The molecule has 2 aromatic heterocycles. The Morgan fingerprint density at radius 1 is 1.00 bits per heavy atom. The van der Waals surface area contributed by atoms with E-state index in [-0.39, 0.29) is 28.0 Å².